The van der Waals surface area contributed by atoms with Gasteiger partial charge in [-0.25, -0.2) is 0 Å². The first kappa shape index (κ1) is 14.3. The third-order valence-corrected chi connectivity index (χ3v) is 3.99. The third kappa shape index (κ3) is 3.17. The second-order valence-electron chi connectivity index (χ2n) is 5.48. The summed E-state index contributed by atoms with van der Waals surface area (Å²) in [6, 6.07) is 9.17. The molecule has 2 aromatic rings. The van der Waals surface area contributed by atoms with Gasteiger partial charge in [0.2, 0.25) is 5.69 Å². The van der Waals surface area contributed by atoms with Crippen molar-refractivity contribution in [2.45, 2.75) is 38.1 Å². The number of nitrogens with zero attached hydrogens (tertiary/aromatic N) is 3. The summed E-state index contributed by atoms with van der Waals surface area (Å²) in [5.41, 5.74) is 1.37. The summed E-state index contributed by atoms with van der Waals surface area (Å²) in [7, 11) is 0. The predicted molar refractivity (Wildman–Crippen MR) is 83.4 cm³/mol. The Morgan fingerprint density at radius 3 is 2.73 bits per heavy atom. The molecule has 0 aliphatic heterocycles. The molecule has 5 heteroatoms. The lowest BCUT2D eigenvalue weighted by molar-refractivity contribution is -0.389. The summed E-state index contributed by atoms with van der Waals surface area (Å²) in [6.07, 6.45) is 8.30. The first-order chi connectivity index (χ1) is 10.7. The lowest BCUT2D eigenvalue weighted by Crippen LogP contribution is -2.13. The van der Waals surface area contributed by atoms with E-state index in [4.69, 9.17) is 0 Å². The van der Waals surface area contributed by atoms with Crippen LogP contribution in [0.1, 0.15) is 49.5 Å². The summed E-state index contributed by atoms with van der Waals surface area (Å²) in [6.45, 7) is 0. The van der Waals surface area contributed by atoms with Gasteiger partial charge in [-0.3, -0.25) is 0 Å². The first-order valence-electron chi connectivity index (χ1n) is 7.54. The van der Waals surface area contributed by atoms with E-state index in [1.807, 2.05) is 12.1 Å². The minimum atomic E-state index is -0.504. The molecule has 0 atom stereocenters. The molecule has 1 fully saturated rings. The number of pyridine rings is 1. The Hall–Kier alpha value is -2.61. The number of rotatable bonds is 2. The van der Waals surface area contributed by atoms with Crippen LogP contribution in [0.4, 0.5) is 5.82 Å². The molecular weight excluding hydrogens is 278 g/mol. The normalized spacial score (nSPS) is 15.1. The van der Waals surface area contributed by atoms with Crippen molar-refractivity contribution in [3.05, 3.63) is 58.0 Å². The molecule has 5 nitrogen and oxygen atoms in total. The molecule has 0 saturated heterocycles. The molecule has 1 saturated carbocycles. The lowest BCUT2D eigenvalue weighted by Gasteiger charge is -2.24. The Labute approximate surface area is 129 Å². The van der Waals surface area contributed by atoms with Crippen molar-refractivity contribution in [2.24, 2.45) is 0 Å². The molecule has 3 rings (SSSR count). The van der Waals surface area contributed by atoms with Gasteiger partial charge in [-0.1, -0.05) is 19.3 Å². The number of aromatic nitrogens is 2. The second-order valence-corrected chi connectivity index (χ2v) is 5.48. The molecule has 0 amide bonds. The predicted octanol–water partition coefficient (Wildman–Crippen LogP) is 3.70. The summed E-state index contributed by atoms with van der Waals surface area (Å²) in [4.78, 5) is 14.2. The van der Waals surface area contributed by atoms with Crippen molar-refractivity contribution < 1.29 is 4.92 Å². The molecule has 0 aromatic carbocycles. The van der Waals surface area contributed by atoms with Crippen LogP contribution in [0.3, 0.4) is 0 Å². The second kappa shape index (κ2) is 6.44. The van der Waals surface area contributed by atoms with Crippen molar-refractivity contribution in [2.75, 3.05) is 0 Å². The fourth-order valence-electron chi connectivity index (χ4n) is 2.90. The van der Waals surface area contributed by atoms with E-state index >= 15 is 0 Å². The smallest absolute Gasteiger partial charge is 0.358 e. The number of hydrogen-bond acceptors (Lipinski definition) is 3. The van der Waals surface area contributed by atoms with E-state index in [1.165, 1.54) is 38.2 Å². The average Bonchev–Trinajstić information content (AvgIpc) is 3.02. The zero-order valence-electron chi connectivity index (χ0n) is 12.2. The van der Waals surface area contributed by atoms with Crippen LogP contribution in [-0.2, 0) is 0 Å². The van der Waals surface area contributed by atoms with Gasteiger partial charge in [-0.15, -0.1) is 0 Å². The fraction of sp³-hybridized carbons (Fsp3) is 0.353. The van der Waals surface area contributed by atoms with Crippen molar-refractivity contribution in [3.8, 4) is 11.8 Å². The highest BCUT2D eigenvalue weighted by atomic mass is 16.6. The highest BCUT2D eigenvalue weighted by molar-refractivity contribution is 5.39. The Kier molecular flexibility index (Phi) is 4.19. The topological polar surface area (TPSA) is 61.0 Å². The molecule has 1 aliphatic carbocycles. The van der Waals surface area contributed by atoms with Crippen LogP contribution in [0.25, 0.3) is 0 Å². The molecule has 0 bridgehead atoms. The van der Waals surface area contributed by atoms with E-state index in [1.54, 1.807) is 12.1 Å². The zero-order valence-corrected chi connectivity index (χ0v) is 12.2. The average molecular weight is 295 g/mol. The summed E-state index contributed by atoms with van der Waals surface area (Å²) >= 11 is 0. The van der Waals surface area contributed by atoms with E-state index < -0.39 is 4.92 Å². The molecule has 0 radical (unpaired) electrons. The van der Waals surface area contributed by atoms with Crippen LogP contribution in [0.2, 0.25) is 0 Å². The van der Waals surface area contributed by atoms with E-state index in [2.05, 4.69) is 27.6 Å². The van der Waals surface area contributed by atoms with Crippen molar-refractivity contribution >= 4 is 5.82 Å². The summed E-state index contributed by atoms with van der Waals surface area (Å²) in [5.74, 6) is 5.86. The largest absolute Gasteiger partial charge is 0.364 e. The SMILES string of the molecule is O=[N+]([O-])c1cccc(C#Cc2cccn2C2CCCCC2)n1. The van der Waals surface area contributed by atoms with Gasteiger partial charge in [-0.05, 0) is 58.9 Å². The minimum Gasteiger partial charge on any atom is -0.358 e. The first-order valence-corrected chi connectivity index (χ1v) is 7.54. The Morgan fingerprint density at radius 2 is 1.95 bits per heavy atom. The van der Waals surface area contributed by atoms with Crippen LogP contribution in [-0.4, -0.2) is 14.5 Å². The maximum absolute atomic E-state index is 10.7. The molecule has 0 spiro atoms. The van der Waals surface area contributed by atoms with Crippen LogP contribution in [0.15, 0.2) is 36.5 Å². The molecule has 22 heavy (non-hydrogen) atoms. The minimum absolute atomic E-state index is 0.172. The van der Waals surface area contributed by atoms with Gasteiger partial charge in [0.25, 0.3) is 0 Å². The summed E-state index contributed by atoms with van der Waals surface area (Å²) in [5, 5.41) is 10.7. The van der Waals surface area contributed by atoms with Crippen LogP contribution in [0.5, 0.6) is 0 Å². The molecule has 0 N–H and O–H groups in total. The van der Waals surface area contributed by atoms with Crippen LogP contribution in [0, 0.1) is 22.0 Å². The van der Waals surface area contributed by atoms with Gasteiger partial charge < -0.3 is 14.7 Å². The molecule has 1 aliphatic rings. The Balaban J connectivity index is 1.84. The van der Waals surface area contributed by atoms with Gasteiger partial charge >= 0.3 is 5.82 Å². The molecular formula is C17H17N3O2. The molecule has 2 heterocycles. The number of hydrogen-bond donors (Lipinski definition) is 0. The van der Waals surface area contributed by atoms with Crippen LogP contribution < -0.4 is 0 Å². The van der Waals surface area contributed by atoms with E-state index in [0.29, 0.717) is 11.7 Å². The van der Waals surface area contributed by atoms with Gasteiger partial charge in [0.1, 0.15) is 0 Å². The fourth-order valence-corrected chi connectivity index (χ4v) is 2.90. The van der Waals surface area contributed by atoms with Crippen molar-refractivity contribution in [1.82, 2.24) is 9.55 Å². The van der Waals surface area contributed by atoms with Gasteiger partial charge in [-0.2, -0.15) is 0 Å². The van der Waals surface area contributed by atoms with Gasteiger partial charge in [0, 0.05) is 18.3 Å². The molecule has 0 unspecified atom stereocenters. The zero-order chi connectivity index (χ0) is 15.4. The quantitative estimate of drug-likeness (QED) is 0.482. The van der Waals surface area contributed by atoms with E-state index in [0.717, 1.165) is 5.69 Å². The standard InChI is InChI=1S/C17H17N3O2/c21-20(22)17-10-4-6-14(18-17)11-12-16-9-5-13-19(16)15-7-2-1-3-8-15/h4-6,9-10,13,15H,1-3,7-8H2. The highest BCUT2D eigenvalue weighted by Crippen LogP contribution is 2.29. The van der Waals surface area contributed by atoms with E-state index in [9.17, 15) is 10.1 Å². The van der Waals surface area contributed by atoms with Crippen molar-refractivity contribution in [3.63, 3.8) is 0 Å². The summed E-state index contributed by atoms with van der Waals surface area (Å²) < 4.78 is 2.23. The van der Waals surface area contributed by atoms with Gasteiger partial charge in [0.05, 0.1) is 5.69 Å². The maximum Gasteiger partial charge on any atom is 0.364 e. The van der Waals surface area contributed by atoms with Gasteiger partial charge in [0.15, 0.2) is 0 Å². The Bertz CT molecular complexity index is 734. The number of nitro groups is 1. The Morgan fingerprint density at radius 1 is 1.14 bits per heavy atom. The lowest BCUT2D eigenvalue weighted by atomic mass is 9.95. The van der Waals surface area contributed by atoms with E-state index in [-0.39, 0.29) is 5.82 Å². The molecule has 2 aromatic heterocycles. The third-order valence-electron chi connectivity index (χ3n) is 3.99. The van der Waals surface area contributed by atoms with Crippen molar-refractivity contribution in [1.29, 1.82) is 0 Å². The monoisotopic (exact) mass is 295 g/mol. The van der Waals surface area contributed by atoms with Crippen LogP contribution >= 0.6 is 0 Å². The highest BCUT2D eigenvalue weighted by Gasteiger charge is 2.16. The molecule has 112 valence electrons. The maximum atomic E-state index is 10.7.